The van der Waals surface area contributed by atoms with Crippen molar-refractivity contribution < 1.29 is 14.3 Å². The van der Waals surface area contributed by atoms with Crippen molar-refractivity contribution >= 4 is 34.8 Å². The van der Waals surface area contributed by atoms with E-state index < -0.39 is 0 Å². The van der Waals surface area contributed by atoms with Crippen molar-refractivity contribution in [1.82, 2.24) is 4.90 Å². The Morgan fingerprint density at radius 3 is 2.38 bits per heavy atom. The lowest BCUT2D eigenvalue weighted by molar-refractivity contribution is -0.131. The number of hydrogen-bond donors (Lipinski definition) is 1. The molecular weight excluding hydrogens is 390 g/mol. The molecule has 0 aromatic heterocycles. The lowest BCUT2D eigenvalue weighted by atomic mass is 10.2. The number of rotatable bonds is 6. The van der Waals surface area contributed by atoms with E-state index in [1.165, 1.54) is 0 Å². The van der Waals surface area contributed by atoms with Gasteiger partial charge in [0.1, 0.15) is 5.75 Å². The molecule has 154 valence electrons. The van der Waals surface area contributed by atoms with Gasteiger partial charge in [-0.2, -0.15) is 0 Å². The summed E-state index contributed by atoms with van der Waals surface area (Å²) in [6.45, 7) is 6.81. The van der Waals surface area contributed by atoms with E-state index in [4.69, 9.17) is 16.3 Å². The maximum Gasteiger partial charge on any atom is 0.262 e. The Morgan fingerprint density at radius 1 is 1.07 bits per heavy atom. The molecule has 1 aliphatic heterocycles. The molecule has 2 aromatic carbocycles. The summed E-state index contributed by atoms with van der Waals surface area (Å²) in [4.78, 5) is 28.1. The summed E-state index contributed by atoms with van der Waals surface area (Å²) in [5.74, 6) is 0.592. The SMILES string of the molecule is CCC(=O)N1CCN(c2ccc(NC(=O)COc3ccc(Cl)c(C)c3)cc2)CC1. The summed E-state index contributed by atoms with van der Waals surface area (Å²) in [6, 6.07) is 13.0. The van der Waals surface area contributed by atoms with Crippen LogP contribution in [0.3, 0.4) is 0 Å². The maximum absolute atomic E-state index is 12.1. The average Bonchev–Trinajstić information content (AvgIpc) is 2.74. The van der Waals surface area contributed by atoms with Crippen LogP contribution in [-0.4, -0.2) is 49.5 Å². The van der Waals surface area contributed by atoms with Crippen LogP contribution in [0.5, 0.6) is 5.75 Å². The molecular formula is C22H26ClN3O3. The lowest BCUT2D eigenvalue weighted by Crippen LogP contribution is -2.48. The number of anilines is 2. The molecule has 1 aliphatic rings. The minimum absolute atomic E-state index is 0.0732. The van der Waals surface area contributed by atoms with Gasteiger partial charge in [0, 0.05) is 49.0 Å². The van der Waals surface area contributed by atoms with Crippen LogP contribution in [0.25, 0.3) is 0 Å². The number of carbonyl (C=O) groups is 2. The van der Waals surface area contributed by atoms with E-state index in [1.54, 1.807) is 18.2 Å². The molecule has 1 fully saturated rings. The van der Waals surface area contributed by atoms with Gasteiger partial charge in [-0.05, 0) is 55.0 Å². The number of halogens is 1. The fourth-order valence-electron chi connectivity index (χ4n) is 3.25. The van der Waals surface area contributed by atoms with Crippen molar-refractivity contribution in [1.29, 1.82) is 0 Å². The molecule has 3 rings (SSSR count). The molecule has 29 heavy (non-hydrogen) atoms. The number of carbonyl (C=O) groups excluding carboxylic acids is 2. The highest BCUT2D eigenvalue weighted by Crippen LogP contribution is 2.22. The monoisotopic (exact) mass is 415 g/mol. The molecule has 1 heterocycles. The second-order valence-electron chi connectivity index (χ2n) is 7.02. The quantitative estimate of drug-likeness (QED) is 0.781. The first-order valence-corrected chi connectivity index (χ1v) is 10.2. The molecule has 2 aromatic rings. The first-order valence-electron chi connectivity index (χ1n) is 9.78. The fraction of sp³-hybridized carbons (Fsp3) is 0.364. The standard InChI is InChI=1S/C22H26ClN3O3/c1-3-22(28)26-12-10-25(11-13-26)18-6-4-17(5-7-18)24-21(27)15-29-19-8-9-20(23)16(2)14-19/h4-9,14H,3,10-13,15H2,1-2H3,(H,24,27). The van der Waals surface area contributed by atoms with Crippen LogP contribution in [0.15, 0.2) is 42.5 Å². The molecule has 1 N–H and O–H groups in total. The van der Waals surface area contributed by atoms with Gasteiger partial charge in [0.25, 0.3) is 5.91 Å². The minimum Gasteiger partial charge on any atom is -0.484 e. The molecule has 1 saturated heterocycles. The van der Waals surface area contributed by atoms with Gasteiger partial charge in [-0.15, -0.1) is 0 Å². The number of ether oxygens (including phenoxy) is 1. The van der Waals surface area contributed by atoms with E-state index in [2.05, 4.69) is 10.2 Å². The second-order valence-corrected chi connectivity index (χ2v) is 7.42. The van der Waals surface area contributed by atoms with E-state index in [1.807, 2.05) is 43.0 Å². The van der Waals surface area contributed by atoms with E-state index >= 15 is 0 Å². The number of aryl methyl sites for hydroxylation is 1. The van der Waals surface area contributed by atoms with Crippen LogP contribution in [0.1, 0.15) is 18.9 Å². The van der Waals surface area contributed by atoms with Crippen molar-refractivity contribution in [3.05, 3.63) is 53.1 Å². The highest BCUT2D eigenvalue weighted by molar-refractivity contribution is 6.31. The summed E-state index contributed by atoms with van der Waals surface area (Å²) in [5, 5.41) is 3.50. The van der Waals surface area contributed by atoms with E-state index in [-0.39, 0.29) is 18.4 Å². The normalized spacial score (nSPS) is 13.9. The number of amides is 2. The highest BCUT2D eigenvalue weighted by atomic mass is 35.5. The van der Waals surface area contributed by atoms with E-state index in [0.29, 0.717) is 17.2 Å². The van der Waals surface area contributed by atoms with Gasteiger partial charge < -0.3 is 19.9 Å². The zero-order valence-corrected chi connectivity index (χ0v) is 17.5. The van der Waals surface area contributed by atoms with Crippen LogP contribution in [0.2, 0.25) is 5.02 Å². The number of hydrogen-bond acceptors (Lipinski definition) is 4. The summed E-state index contributed by atoms with van der Waals surface area (Å²) in [5.41, 5.74) is 2.70. The van der Waals surface area contributed by atoms with Gasteiger partial charge >= 0.3 is 0 Å². The van der Waals surface area contributed by atoms with Crippen molar-refractivity contribution in [3.8, 4) is 5.75 Å². The molecule has 0 bridgehead atoms. The molecule has 0 atom stereocenters. The third-order valence-electron chi connectivity index (χ3n) is 4.95. The first-order chi connectivity index (χ1) is 14.0. The molecule has 0 unspecified atom stereocenters. The van der Waals surface area contributed by atoms with Crippen LogP contribution < -0.4 is 15.0 Å². The average molecular weight is 416 g/mol. The summed E-state index contributed by atoms with van der Waals surface area (Å²) >= 11 is 5.99. The van der Waals surface area contributed by atoms with E-state index in [0.717, 1.165) is 43.1 Å². The Balaban J connectivity index is 1.48. The van der Waals surface area contributed by atoms with Crippen LogP contribution in [-0.2, 0) is 9.59 Å². The third-order valence-corrected chi connectivity index (χ3v) is 5.37. The Hall–Kier alpha value is -2.73. The van der Waals surface area contributed by atoms with Crippen LogP contribution >= 0.6 is 11.6 Å². The van der Waals surface area contributed by atoms with Gasteiger partial charge in [-0.3, -0.25) is 9.59 Å². The summed E-state index contributed by atoms with van der Waals surface area (Å²) in [6.07, 6.45) is 0.551. The lowest BCUT2D eigenvalue weighted by Gasteiger charge is -2.36. The van der Waals surface area contributed by atoms with Crippen molar-refractivity contribution in [2.75, 3.05) is 43.0 Å². The van der Waals surface area contributed by atoms with Crippen molar-refractivity contribution in [2.45, 2.75) is 20.3 Å². The van der Waals surface area contributed by atoms with Crippen molar-refractivity contribution in [3.63, 3.8) is 0 Å². The molecule has 0 radical (unpaired) electrons. The van der Waals surface area contributed by atoms with Gasteiger partial charge in [-0.25, -0.2) is 0 Å². The van der Waals surface area contributed by atoms with Crippen molar-refractivity contribution in [2.24, 2.45) is 0 Å². The Labute approximate surface area is 176 Å². The number of piperazine rings is 1. The third kappa shape index (κ3) is 5.64. The Kier molecular flexibility index (Phi) is 6.99. The van der Waals surface area contributed by atoms with E-state index in [9.17, 15) is 9.59 Å². The smallest absolute Gasteiger partial charge is 0.262 e. The molecule has 0 saturated carbocycles. The van der Waals surface area contributed by atoms with Crippen LogP contribution in [0, 0.1) is 6.92 Å². The zero-order chi connectivity index (χ0) is 20.8. The molecule has 2 amide bonds. The molecule has 0 aliphatic carbocycles. The minimum atomic E-state index is -0.225. The zero-order valence-electron chi connectivity index (χ0n) is 16.8. The summed E-state index contributed by atoms with van der Waals surface area (Å²) < 4.78 is 5.52. The summed E-state index contributed by atoms with van der Waals surface area (Å²) in [7, 11) is 0. The van der Waals surface area contributed by atoms with Gasteiger partial charge in [0.05, 0.1) is 0 Å². The van der Waals surface area contributed by atoms with Gasteiger partial charge in [-0.1, -0.05) is 18.5 Å². The Morgan fingerprint density at radius 2 is 1.76 bits per heavy atom. The van der Waals surface area contributed by atoms with Crippen LogP contribution in [0.4, 0.5) is 11.4 Å². The number of nitrogens with zero attached hydrogens (tertiary/aromatic N) is 2. The largest absolute Gasteiger partial charge is 0.484 e. The Bertz CT molecular complexity index is 862. The molecule has 0 spiro atoms. The molecule has 6 nitrogen and oxygen atoms in total. The first kappa shape index (κ1) is 21.0. The fourth-order valence-corrected chi connectivity index (χ4v) is 3.36. The number of nitrogens with one attached hydrogen (secondary N) is 1. The maximum atomic E-state index is 12.1. The molecule has 7 heteroatoms. The van der Waals surface area contributed by atoms with Gasteiger partial charge in [0.15, 0.2) is 6.61 Å². The van der Waals surface area contributed by atoms with Gasteiger partial charge in [0.2, 0.25) is 5.91 Å². The highest BCUT2D eigenvalue weighted by Gasteiger charge is 2.20. The topological polar surface area (TPSA) is 61.9 Å². The predicted molar refractivity (Wildman–Crippen MR) is 116 cm³/mol. The number of benzene rings is 2. The predicted octanol–water partition coefficient (Wildman–Crippen LogP) is 3.72. The second kappa shape index (κ2) is 9.65.